The second-order valence-corrected chi connectivity index (χ2v) is 6.42. The number of carbonyl (C=O) groups excluding carboxylic acids is 2. The van der Waals surface area contributed by atoms with Crippen LogP contribution in [0.4, 0.5) is 0 Å². The molecule has 0 spiro atoms. The molecule has 1 aliphatic heterocycles. The molecule has 2 rings (SSSR count). The van der Waals surface area contributed by atoms with Crippen molar-refractivity contribution in [1.82, 2.24) is 4.90 Å². The highest BCUT2D eigenvalue weighted by Crippen LogP contribution is 2.32. The van der Waals surface area contributed by atoms with Crippen LogP contribution in [0, 0.1) is 11.3 Å². The van der Waals surface area contributed by atoms with Crippen molar-refractivity contribution >= 4 is 17.9 Å². The van der Waals surface area contributed by atoms with Crippen molar-refractivity contribution in [2.75, 3.05) is 13.7 Å². The normalized spacial score (nSPS) is 16.8. The van der Waals surface area contributed by atoms with Crippen molar-refractivity contribution in [2.45, 2.75) is 33.2 Å². The van der Waals surface area contributed by atoms with Gasteiger partial charge < -0.3 is 9.47 Å². The number of rotatable bonds is 7. The van der Waals surface area contributed by atoms with Gasteiger partial charge in [-0.15, -0.1) is 0 Å². The number of methoxy groups -OCH3 is 1. The molecule has 2 amide bonds. The summed E-state index contributed by atoms with van der Waals surface area (Å²) in [6.07, 6.45) is 3.90. The van der Waals surface area contributed by atoms with Crippen LogP contribution in [0.25, 0.3) is 6.08 Å². The fraction of sp³-hybridized carbons (Fsp3) is 0.318. The molecule has 1 heterocycles. The summed E-state index contributed by atoms with van der Waals surface area (Å²) in [7, 11) is 1.53. The summed E-state index contributed by atoms with van der Waals surface area (Å²) in [5, 5.41) is 9.44. The molecule has 0 saturated heterocycles. The lowest BCUT2D eigenvalue weighted by molar-refractivity contribution is -0.142. The van der Waals surface area contributed by atoms with Gasteiger partial charge in [0.1, 0.15) is 18.2 Å². The van der Waals surface area contributed by atoms with Gasteiger partial charge in [0.05, 0.1) is 7.11 Å². The molecule has 1 aliphatic rings. The van der Waals surface area contributed by atoms with Crippen LogP contribution in [0.15, 0.2) is 47.6 Å². The smallest absolute Gasteiger partial charge is 0.271 e. The average molecular weight is 380 g/mol. The van der Waals surface area contributed by atoms with Gasteiger partial charge >= 0.3 is 0 Å². The Bertz CT molecular complexity index is 906. The maximum Gasteiger partial charge on any atom is 0.271 e. The number of hydrogen-bond donors (Lipinski definition) is 0. The Morgan fingerprint density at radius 3 is 2.57 bits per heavy atom. The molecule has 1 unspecified atom stereocenters. The third kappa shape index (κ3) is 3.99. The first-order valence-corrected chi connectivity index (χ1v) is 9.02. The maximum absolute atomic E-state index is 13.0. The maximum atomic E-state index is 13.0. The average Bonchev–Trinajstić information content (AvgIpc) is 2.70. The topological polar surface area (TPSA) is 79.6 Å². The van der Waals surface area contributed by atoms with Crippen LogP contribution in [0.1, 0.15) is 32.8 Å². The molecule has 1 aromatic carbocycles. The van der Waals surface area contributed by atoms with Crippen molar-refractivity contribution in [3.05, 3.63) is 53.1 Å². The SMILES string of the molecule is C=CCOc1ccc(/C=C2/C(=O)N(C(C)CC)C(=O)C(C#N)=C2C)cc1OC. The van der Waals surface area contributed by atoms with Gasteiger partial charge in [-0.3, -0.25) is 14.5 Å². The number of amides is 2. The Hall–Kier alpha value is -3.33. The van der Waals surface area contributed by atoms with Crippen molar-refractivity contribution in [3.8, 4) is 17.6 Å². The van der Waals surface area contributed by atoms with E-state index < -0.39 is 11.8 Å². The summed E-state index contributed by atoms with van der Waals surface area (Å²) in [5.74, 6) is 0.126. The number of nitrogens with zero attached hydrogens (tertiary/aromatic N) is 2. The number of benzene rings is 1. The molecule has 1 aromatic rings. The quantitative estimate of drug-likeness (QED) is 0.410. The Balaban J connectivity index is 2.55. The summed E-state index contributed by atoms with van der Waals surface area (Å²) < 4.78 is 10.9. The lowest BCUT2D eigenvalue weighted by Crippen LogP contribution is -2.47. The Morgan fingerprint density at radius 1 is 1.29 bits per heavy atom. The molecular weight excluding hydrogens is 356 g/mol. The minimum Gasteiger partial charge on any atom is -0.493 e. The number of carbonyl (C=O) groups is 2. The van der Waals surface area contributed by atoms with Gasteiger partial charge in [-0.2, -0.15) is 5.26 Å². The molecule has 6 heteroatoms. The van der Waals surface area contributed by atoms with E-state index in [1.54, 1.807) is 44.2 Å². The summed E-state index contributed by atoms with van der Waals surface area (Å²) in [6.45, 7) is 9.25. The van der Waals surface area contributed by atoms with E-state index in [0.29, 0.717) is 41.2 Å². The third-order valence-electron chi connectivity index (χ3n) is 4.66. The van der Waals surface area contributed by atoms with Crippen LogP contribution in [0.3, 0.4) is 0 Å². The molecule has 146 valence electrons. The van der Waals surface area contributed by atoms with E-state index in [1.807, 2.05) is 13.0 Å². The first-order valence-electron chi connectivity index (χ1n) is 9.02. The molecule has 0 N–H and O–H groups in total. The monoisotopic (exact) mass is 380 g/mol. The van der Waals surface area contributed by atoms with E-state index in [2.05, 4.69) is 6.58 Å². The fourth-order valence-electron chi connectivity index (χ4n) is 2.89. The first kappa shape index (κ1) is 21.0. The van der Waals surface area contributed by atoms with Gasteiger partial charge in [0.2, 0.25) is 0 Å². The Kier molecular flexibility index (Phi) is 6.78. The molecule has 0 bridgehead atoms. The number of imide groups is 1. The third-order valence-corrected chi connectivity index (χ3v) is 4.66. The predicted octanol–water partition coefficient (Wildman–Crippen LogP) is 3.65. The van der Waals surface area contributed by atoms with E-state index in [0.717, 1.165) is 4.90 Å². The predicted molar refractivity (Wildman–Crippen MR) is 107 cm³/mol. The van der Waals surface area contributed by atoms with E-state index >= 15 is 0 Å². The highest BCUT2D eigenvalue weighted by molar-refractivity contribution is 6.19. The Morgan fingerprint density at radius 2 is 2.00 bits per heavy atom. The molecule has 0 saturated carbocycles. The van der Waals surface area contributed by atoms with Crippen molar-refractivity contribution < 1.29 is 19.1 Å². The molecule has 28 heavy (non-hydrogen) atoms. The molecule has 1 atom stereocenters. The molecule has 0 aromatic heterocycles. The number of hydrogen-bond acceptors (Lipinski definition) is 5. The highest BCUT2D eigenvalue weighted by Gasteiger charge is 2.37. The van der Waals surface area contributed by atoms with E-state index in [9.17, 15) is 14.9 Å². The Labute approximate surface area is 165 Å². The number of ether oxygens (including phenoxy) is 2. The van der Waals surface area contributed by atoms with Gasteiger partial charge in [-0.05, 0) is 49.6 Å². The molecule has 0 radical (unpaired) electrons. The fourth-order valence-corrected chi connectivity index (χ4v) is 2.89. The lowest BCUT2D eigenvalue weighted by Gasteiger charge is -2.31. The van der Waals surface area contributed by atoms with Crippen LogP contribution in [0.2, 0.25) is 0 Å². The summed E-state index contributed by atoms with van der Waals surface area (Å²) >= 11 is 0. The van der Waals surface area contributed by atoms with Crippen LogP contribution in [-0.2, 0) is 9.59 Å². The van der Waals surface area contributed by atoms with Crippen molar-refractivity contribution in [3.63, 3.8) is 0 Å². The van der Waals surface area contributed by atoms with E-state index in [-0.39, 0.29) is 11.6 Å². The van der Waals surface area contributed by atoms with E-state index in [1.165, 1.54) is 7.11 Å². The highest BCUT2D eigenvalue weighted by atomic mass is 16.5. The first-order chi connectivity index (χ1) is 13.4. The molecule has 6 nitrogen and oxygen atoms in total. The zero-order valence-electron chi connectivity index (χ0n) is 16.6. The van der Waals surface area contributed by atoms with Crippen molar-refractivity contribution in [2.24, 2.45) is 0 Å². The largest absolute Gasteiger partial charge is 0.493 e. The van der Waals surface area contributed by atoms with Gasteiger partial charge in [0.25, 0.3) is 11.8 Å². The van der Waals surface area contributed by atoms with E-state index in [4.69, 9.17) is 9.47 Å². The summed E-state index contributed by atoms with van der Waals surface area (Å²) in [4.78, 5) is 26.7. The van der Waals surface area contributed by atoms with Gasteiger partial charge in [0.15, 0.2) is 11.5 Å². The number of nitriles is 1. The zero-order chi connectivity index (χ0) is 20.8. The van der Waals surface area contributed by atoms with Gasteiger partial charge in [0, 0.05) is 11.6 Å². The van der Waals surface area contributed by atoms with Crippen LogP contribution >= 0.6 is 0 Å². The van der Waals surface area contributed by atoms with Crippen molar-refractivity contribution in [1.29, 1.82) is 5.26 Å². The summed E-state index contributed by atoms with van der Waals surface area (Å²) in [6, 6.07) is 6.90. The van der Waals surface area contributed by atoms with Crippen LogP contribution < -0.4 is 9.47 Å². The standard InChI is InChI=1S/C22H24N2O4/c1-6-10-28-19-9-8-16(12-20(19)27-5)11-17-15(4)18(13-23)22(26)24(21(17)25)14(3)7-2/h6,8-9,11-12,14H,1,7,10H2,2-5H3/b17-11+. The van der Waals surface area contributed by atoms with Crippen LogP contribution in [0.5, 0.6) is 11.5 Å². The van der Waals surface area contributed by atoms with Crippen LogP contribution in [-0.4, -0.2) is 36.5 Å². The second-order valence-electron chi connectivity index (χ2n) is 6.42. The lowest BCUT2D eigenvalue weighted by atomic mass is 9.92. The minimum atomic E-state index is -0.540. The summed E-state index contributed by atoms with van der Waals surface area (Å²) in [5.41, 5.74) is 1.38. The molecule has 0 aliphatic carbocycles. The second kappa shape index (κ2) is 9.05. The molecule has 0 fully saturated rings. The van der Waals surface area contributed by atoms with Gasteiger partial charge in [-0.25, -0.2) is 0 Å². The minimum absolute atomic E-state index is 0.0101. The molecular formula is C22H24N2O4. The zero-order valence-corrected chi connectivity index (χ0v) is 16.6. The van der Waals surface area contributed by atoms with Gasteiger partial charge in [-0.1, -0.05) is 25.6 Å².